The number of aldehydes is 2. The second-order valence-electron chi connectivity index (χ2n) is 11.3. The molecule has 0 heterocycles. The first-order valence-electron chi connectivity index (χ1n) is 15.4. The first-order chi connectivity index (χ1) is 22.6. The molecule has 230 valence electrons. The van der Waals surface area contributed by atoms with Gasteiger partial charge in [0, 0.05) is 39.4 Å². The van der Waals surface area contributed by atoms with Crippen LogP contribution in [-0.2, 0) is 6.42 Å². The topological polar surface area (TPSA) is 119 Å². The van der Waals surface area contributed by atoms with E-state index >= 15 is 0 Å². The average Bonchev–Trinajstić information content (AvgIpc) is 3.11. The highest BCUT2D eigenvalue weighted by atomic mass is 17.1. The Labute approximate surface area is 266 Å². The van der Waals surface area contributed by atoms with Gasteiger partial charge >= 0.3 is 0 Å². The van der Waals surface area contributed by atoms with Crippen LogP contribution in [0.1, 0.15) is 55.9 Å². The molecular weight excluding hydrogens is 576 g/mol. The highest BCUT2D eigenvalue weighted by Gasteiger charge is 2.22. The van der Waals surface area contributed by atoms with E-state index in [0.29, 0.717) is 34.0 Å². The fourth-order valence-corrected chi connectivity index (χ4v) is 6.45. The number of hydrogen-bond donors (Lipinski definition) is 3. The summed E-state index contributed by atoms with van der Waals surface area (Å²) in [5, 5.41) is 18.5. The van der Waals surface area contributed by atoms with Crippen molar-refractivity contribution in [1.29, 1.82) is 0 Å². The Kier molecular flexibility index (Phi) is 9.15. The quantitative estimate of drug-likeness (QED) is 0.0505. The molecule has 1 amide bonds. The monoisotopic (exact) mass is 610 g/mol. The van der Waals surface area contributed by atoms with Crippen molar-refractivity contribution in [2.24, 2.45) is 5.73 Å². The summed E-state index contributed by atoms with van der Waals surface area (Å²) in [4.78, 5) is 41.9. The van der Waals surface area contributed by atoms with E-state index in [0.717, 1.165) is 77.1 Å². The molecule has 1 aliphatic carbocycles. The number of amides is 1. The van der Waals surface area contributed by atoms with Crippen LogP contribution in [0, 0.1) is 0 Å². The van der Waals surface area contributed by atoms with Gasteiger partial charge in [0.2, 0.25) is 0 Å². The molecule has 6 aromatic carbocycles. The Hall–Kier alpha value is -5.37. The van der Waals surface area contributed by atoms with E-state index in [1.54, 1.807) is 24.3 Å². The van der Waals surface area contributed by atoms with Crippen molar-refractivity contribution in [3.63, 3.8) is 0 Å². The molecule has 0 radical (unpaired) electrons. The molecule has 7 rings (SSSR count). The predicted molar refractivity (Wildman–Crippen MR) is 184 cm³/mol. The number of fused-ring (bicyclic) bond motifs is 2. The lowest BCUT2D eigenvalue weighted by atomic mass is 9.85. The smallest absolute Gasteiger partial charge is 0.251 e. The molecule has 7 heteroatoms. The standard InChI is InChI=1S/C31H23NO5.C8H11N/c33-16-19-6-8-21-22-9-7-20(17-34)28-26(37-36)13-12-24(30(22)28)23-10-11-25(27(19)29(21)23)31(35)32-15-14-18-4-2-1-3-5-18;9-7-6-8-4-2-1-3-5-8/h2,4-13,16-17,36H,1,3,14-15H2,(H,32,35);1-5H,6-7,9H2. The van der Waals surface area contributed by atoms with Crippen LogP contribution in [-0.4, -0.2) is 36.8 Å². The van der Waals surface area contributed by atoms with E-state index in [4.69, 9.17) is 5.73 Å². The normalized spacial score (nSPS) is 12.6. The van der Waals surface area contributed by atoms with E-state index in [2.05, 4.69) is 40.6 Å². The van der Waals surface area contributed by atoms with Crippen molar-refractivity contribution in [3.8, 4) is 5.75 Å². The molecule has 46 heavy (non-hydrogen) atoms. The maximum absolute atomic E-state index is 13.4. The van der Waals surface area contributed by atoms with Crippen molar-refractivity contribution in [2.45, 2.75) is 25.7 Å². The molecule has 6 aromatic rings. The summed E-state index contributed by atoms with van der Waals surface area (Å²) in [6.45, 7) is 1.24. The highest BCUT2D eigenvalue weighted by molar-refractivity contribution is 6.37. The zero-order chi connectivity index (χ0) is 32.0. The SMILES string of the molecule is NCCc1ccccc1.O=Cc1ccc2c3ccc(C=O)c4c(C(=O)NCCC5=CCCC=C5)ccc(c5ccc(OO)c1c25)c43. The molecule has 0 aliphatic heterocycles. The lowest BCUT2D eigenvalue weighted by molar-refractivity contribution is -0.136. The maximum atomic E-state index is 13.4. The first-order valence-corrected chi connectivity index (χ1v) is 15.4. The van der Waals surface area contributed by atoms with E-state index in [1.165, 1.54) is 11.1 Å². The highest BCUT2D eigenvalue weighted by Crippen LogP contribution is 2.45. The number of benzene rings is 6. The third-order valence-corrected chi connectivity index (χ3v) is 8.57. The number of carbonyl (C=O) groups is 3. The van der Waals surface area contributed by atoms with E-state index in [1.807, 2.05) is 42.5 Å². The van der Waals surface area contributed by atoms with Gasteiger partial charge in [-0.15, -0.1) is 0 Å². The van der Waals surface area contributed by atoms with Gasteiger partial charge < -0.3 is 15.9 Å². The minimum absolute atomic E-state index is 0.186. The summed E-state index contributed by atoms with van der Waals surface area (Å²) in [5.41, 5.74) is 9.16. The van der Waals surface area contributed by atoms with Crippen LogP contribution in [0.15, 0.2) is 103 Å². The van der Waals surface area contributed by atoms with Gasteiger partial charge in [-0.25, -0.2) is 5.26 Å². The third kappa shape index (κ3) is 5.74. The second kappa shape index (κ2) is 13.7. The Bertz CT molecular complexity index is 2110. The number of nitrogens with one attached hydrogen (secondary N) is 1. The van der Waals surface area contributed by atoms with Crippen LogP contribution in [0.25, 0.3) is 43.1 Å². The molecule has 0 aromatic heterocycles. The van der Waals surface area contributed by atoms with Crippen LogP contribution in [0.5, 0.6) is 5.75 Å². The van der Waals surface area contributed by atoms with E-state index in [9.17, 15) is 19.6 Å². The van der Waals surface area contributed by atoms with Crippen molar-refractivity contribution in [3.05, 3.63) is 125 Å². The van der Waals surface area contributed by atoms with Crippen molar-refractivity contribution in [2.75, 3.05) is 13.1 Å². The van der Waals surface area contributed by atoms with E-state index in [-0.39, 0.29) is 11.7 Å². The molecule has 0 fully saturated rings. The average molecular weight is 611 g/mol. The number of rotatable bonds is 9. The molecule has 0 spiro atoms. The van der Waals surface area contributed by atoms with Gasteiger partial charge in [0.25, 0.3) is 5.91 Å². The number of hydrogen-bond acceptors (Lipinski definition) is 6. The molecule has 1 aliphatic rings. The lowest BCUT2D eigenvalue weighted by Gasteiger charge is -2.19. The minimum atomic E-state index is -0.233. The van der Waals surface area contributed by atoms with Crippen LogP contribution in [0.2, 0.25) is 0 Å². The van der Waals surface area contributed by atoms with Gasteiger partial charge in [0.05, 0.1) is 0 Å². The number of nitrogens with two attached hydrogens (primary N) is 1. The Balaban J connectivity index is 0.000000358. The van der Waals surface area contributed by atoms with Gasteiger partial charge in [-0.1, -0.05) is 84.5 Å². The van der Waals surface area contributed by atoms with Crippen molar-refractivity contribution < 1.29 is 24.5 Å². The van der Waals surface area contributed by atoms with Crippen LogP contribution in [0.4, 0.5) is 0 Å². The summed E-state index contributed by atoms with van der Waals surface area (Å²) in [5.74, 6) is -0.0470. The van der Waals surface area contributed by atoms with E-state index < -0.39 is 0 Å². The summed E-state index contributed by atoms with van der Waals surface area (Å²) in [7, 11) is 0. The second-order valence-corrected chi connectivity index (χ2v) is 11.3. The van der Waals surface area contributed by atoms with Gasteiger partial charge in [0.1, 0.15) is 0 Å². The van der Waals surface area contributed by atoms with Crippen LogP contribution >= 0.6 is 0 Å². The lowest BCUT2D eigenvalue weighted by Crippen LogP contribution is -2.25. The van der Waals surface area contributed by atoms with Gasteiger partial charge in [-0.05, 0) is 82.9 Å². The van der Waals surface area contributed by atoms with Crippen molar-refractivity contribution >= 4 is 61.6 Å². The molecule has 0 unspecified atom stereocenters. The first kappa shape index (κ1) is 30.6. The molecule has 4 N–H and O–H groups in total. The van der Waals surface area contributed by atoms with Crippen molar-refractivity contribution in [1.82, 2.24) is 5.32 Å². The zero-order valence-electron chi connectivity index (χ0n) is 25.3. The Morgan fingerprint density at radius 1 is 0.761 bits per heavy atom. The molecule has 0 bridgehead atoms. The fourth-order valence-electron chi connectivity index (χ4n) is 6.45. The van der Waals surface area contributed by atoms with Crippen LogP contribution in [0.3, 0.4) is 0 Å². The predicted octanol–water partition coefficient (Wildman–Crippen LogP) is 7.80. The van der Waals surface area contributed by atoms with Gasteiger partial charge in [0.15, 0.2) is 18.3 Å². The Morgan fingerprint density at radius 2 is 1.39 bits per heavy atom. The zero-order valence-corrected chi connectivity index (χ0v) is 25.3. The Morgan fingerprint density at radius 3 is 2.00 bits per heavy atom. The largest absolute Gasteiger partial charge is 0.352 e. The molecule has 0 saturated heterocycles. The summed E-state index contributed by atoms with van der Waals surface area (Å²) in [6, 6.07) is 24.5. The maximum Gasteiger partial charge on any atom is 0.251 e. The van der Waals surface area contributed by atoms with Crippen LogP contribution < -0.4 is 15.9 Å². The molecular formula is C39H34N2O5. The number of allylic oxidation sites excluding steroid dienone is 3. The minimum Gasteiger partial charge on any atom is -0.352 e. The molecule has 7 nitrogen and oxygen atoms in total. The number of carbonyl (C=O) groups excluding carboxylic acids is 3. The molecule has 0 saturated carbocycles. The summed E-state index contributed by atoms with van der Waals surface area (Å²) < 4.78 is 0. The summed E-state index contributed by atoms with van der Waals surface area (Å²) >= 11 is 0. The molecule has 0 atom stereocenters. The van der Waals surface area contributed by atoms with Gasteiger partial charge in [-0.2, -0.15) is 0 Å². The summed E-state index contributed by atoms with van der Waals surface area (Å²) in [6.07, 6.45) is 11.8. The fraction of sp³-hybridized carbons (Fsp3) is 0.154. The third-order valence-electron chi connectivity index (χ3n) is 8.57. The van der Waals surface area contributed by atoms with Gasteiger partial charge in [-0.3, -0.25) is 14.4 Å².